The molecule has 0 saturated carbocycles. The van der Waals surface area contributed by atoms with Gasteiger partial charge in [-0.3, -0.25) is 9.59 Å². The molecule has 1 aliphatic heterocycles. The van der Waals surface area contributed by atoms with E-state index in [4.69, 9.17) is 25.8 Å². The molecule has 0 fully saturated rings. The van der Waals surface area contributed by atoms with Crippen LogP contribution in [0.1, 0.15) is 39.0 Å². The average molecular weight is 497 g/mol. The molecular weight excluding hydrogens is 472 g/mol. The minimum atomic E-state index is -0.961. The Hall–Kier alpha value is -3.78. The van der Waals surface area contributed by atoms with Gasteiger partial charge in [0.25, 0.3) is 5.91 Å². The fraction of sp³-hybridized carbons (Fsp3) is 0.269. The summed E-state index contributed by atoms with van der Waals surface area (Å²) < 4.78 is 18.4. The molecule has 3 aromatic rings. The lowest BCUT2D eigenvalue weighted by Gasteiger charge is -2.20. The first-order valence-electron chi connectivity index (χ1n) is 11.1. The number of ether oxygens (including phenoxy) is 3. The van der Waals surface area contributed by atoms with Gasteiger partial charge in [-0.25, -0.2) is 4.79 Å². The number of aromatic nitrogens is 1. The maximum atomic E-state index is 12.9. The number of aryl methyl sites for hydroxylation is 1. The summed E-state index contributed by atoms with van der Waals surface area (Å²) in [6.07, 6.45) is 0. The number of ketones is 1. The second kappa shape index (κ2) is 10.2. The normalized spacial score (nSPS) is 13.1. The van der Waals surface area contributed by atoms with Gasteiger partial charge in [0.05, 0.1) is 10.6 Å². The van der Waals surface area contributed by atoms with Gasteiger partial charge in [0, 0.05) is 28.7 Å². The Kier molecular flexibility index (Phi) is 7.12. The highest BCUT2D eigenvalue weighted by molar-refractivity contribution is 6.33. The van der Waals surface area contributed by atoms with E-state index in [1.165, 1.54) is 6.92 Å². The van der Waals surface area contributed by atoms with Crippen LogP contribution in [-0.2, 0) is 9.53 Å². The molecule has 9 heteroatoms. The van der Waals surface area contributed by atoms with E-state index < -0.39 is 24.5 Å². The molecule has 1 unspecified atom stereocenters. The summed E-state index contributed by atoms with van der Waals surface area (Å²) in [6, 6.07) is 12.9. The molecule has 0 spiro atoms. The van der Waals surface area contributed by atoms with E-state index in [1.807, 2.05) is 36.6 Å². The molecule has 4 rings (SSSR count). The Bertz CT molecular complexity index is 1300. The van der Waals surface area contributed by atoms with Crippen molar-refractivity contribution in [3.05, 3.63) is 76.1 Å². The smallest absolute Gasteiger partial charge is 0.328 e. The minimum Gasteiger partial charge on any atom is -0.486 e. The number of carbonyl (C=O) groups is 3. The fourth-order valence-electron chi connectivity index (χ4n) is 3.93. The van der Waals surface area contributed by atoms with E-state index in [0.717, 1.165) is 11.4 Å². The summed E-state index contributed by atoms with van der Waals surface area (Å²) in [5.74, 6) is -0.245. The van der Waals surface area contributed by atoms with E-state index in [0.29, 0.717) is 36.0 Å². The Labute approximate surface area is 207 Å². The lowest BCUT2D eigenvalue weighted by atomic mass is 10.1. The van der Waals surface area contributed by atoms with Crippen molar-refractivity contribution in [1.29, 1.82) is 0 Å². The summed E-state index contributed by atoms with van der Waals surface area (Å²) in [5, 5.41) is 2.81. The zero-order valence-electron chi connectivity index (χ0n) is 19.6. The van der Waals surface area contributed by atoms with Crippen molar-refractivity contribution < 1.29 is 28.6 Å². The Morgan fingerprint density at radius 1 is 1.03 bits per heavy atom. The molecule has 2 aromatic carbocycles. The van der Waals surface area contributed by atoms with E-state index in [-0.39, 0.29) is 16.4 Å². The van der Waals surface area contributed by atoms with E-state index in [9.17, 15) is 14.4 Å². The highest BCUT2D eigenvalue weighted by Gasteiger charge is 2.23. The number of rotatable bonds is 7. The number of Topliss-reactive ketones (excluding diaryl/α,β-unsaturated/α-hetero) is 1. The van der Waals surface area contributed by atoms with Gasteiger partial charge in [-0.1, -0.05) is 23.7 Å². The molecule has 1 amide bonds. The van der Waals surface area contributed by atoms with Gasteiger partial charge >= 0.3 is 5.97 Å². The van der Waals surface area contributed by atoms with Crippen LogP contribution < -0.4 is 14.8 Å². The summed E-state index contributed by atoms with van der Waals surface area (Å²) in [7, 11) is 0. The van der Waals surface area contributed by atoms with Crippen LogP contribution in [0.4, 0.5) is 0 Å². The van der Waals surface area contributed by atoms with Crippen LogP contribution in [0.5, 0.6) is 11.5 Å². The summed E-state index contributed by atoms with van der Waals surface area (Å²) in [5.41, 5.74) is 3.07. The number of amides is 1. The fourth-order valence-corrected chi connectivity index (χ4v) is 4.15. The van der Waals surface area contributed by atoms with Gasteiger partial charge < -0.3 is 24.1 Å². The van der Waals surface area contributed by atoms with Gasteiger partial charge in [0.2, 0.25) is 5.78 Å². The van der Waals surface area contributed by atoms with Crippen LogP contribution in [0.15, 0.2) is 48.5 Å². The predicted molar refractivity (Wildman–Crippen MR) is 130 cm³/mol. The topological polar surface area (TPSA) is 95.9 Å². The summed E-state index contributed by atoms with van der Waals surface area (Å²) in [4.78, 5) is 37.6. The molecule has 182 valence electrons. The Balaban J connectivity index is 1.41. The van der Waals surface area contributed by atoms with Gasteiger partial charge in [-0.15, -0.1) is 0 Å². The van der Waals surface area contributed by atoms with Crippen molar-refractivity contribution >= 4 is 29.3 Å². The number of hydrogen-bond donors (Lipinski definition) is 1. The molecular formula is C26H25ClN2O6. The third-order valence-electron chi connectivity index (χ3n) is 5.68. The van der Waals surface area contributed by atoms with Crippen molar-refractivity contribution in [1.82, 2.24) is 9.88 Å². The van der Waals surface area contributed by atoms with Crippen molar-refractivity contribution in [2.24, 2.45) is 0 Å². The number of esters is 1. The van der Waals surface area contributed by atoms with Crippen LogP contribution >= 0.6 is 11.6 Å². The maximum Gasteiger partial charge on any atom is 0.328 e. The molecule has 0 radical (unpaired) electrons. The molecule has 1 atom stereocenters. The third-order valence-corrected chi connectivity index (χ3v) is 6.01. The quantitative estimate of drug-likeness (QED) is 0.391. The van der Waals surface area contributed by atoms with Crippen molar-refractivity contribution in [3.63, 3.8) is 0 Å². The number of fused-ring (bicyclic) bond motifs is 1. The molecule has 1 aromatic heterocycles. The second-order valence-electron chi connectivity index (χ2n) is 8.15. The van der Waals surface area contributed by atoms with E-state index >= 15 is 0 Å². The monoisotopic (exact) mass is 496 g/mol. The van der Waals surface area contributed by atoms with Crippen LogP contribution in [0, 0.1) is 13.8 Å². The van der Waals surface area contributed by atoms with Gasteiger partial charge in [-0.2, -0.15) is 0 Å². The third kappa shape index (κ3) is 5.17. The lowest BCUT2D eigenvalue weighted by Crippen LogP contribution is -2.40. The molecule has 35 heavy (non-hydrogen) atoms. The maximum absolute atomic E-state index is 12.9. The molecule has 2 heterocycles. The average Bonchev–Trinajstić information content (AvgIpc) is 3.15. The summed E-state index contributed by atoms with van der Waals surface area (Å²) in [6.45, 7) is 5.73. The number of nitrogens with one attached hydrogen (secondary N) is 1. The van der Waals surface area contributed by atoms with Crippen LogP contribution in [-0.4, -0.2) is 48.1 Å². The van der Waals surface area contributed by atoms with E-state index in [2.05, 4.69) is 5.32 Å². The Morgan fingerprint density at radius 2 is 1.74 bits per heavy atom. The van der Waals surface area contributed by atoms with Crippen LogP contribution in [0.25, 0.3) is 5.69 Å². The van der Waals surface area contributed by atoms with Gasteiger partial charge in [0.15, 0.2) is 18.1 Å². The molecule has 1 aliphatic rings. The van der Waals surface area contributed by atoms with Crippen LogP contribution in [0.2, 0.25) is 5.02 Å². The molecule has 0 aliphatic carbocycles. The molecule has 0 saturated heterocycles. The van der Waals surface area contributed by atoms with Crippen molar-refractivity contribution in [2.45, 2.75) is 26.8 Å². The molecule has 8 nitrogen and oxygen atoms in total. The first-order valence-corrected chi connectivity index (χ1v) is 11.5. The van der Waals surface area contributed by atoms with Gasteiger partial charge in [-0.05, 0) is 51.1 Å². The highest BCUT2D eigenvalue weighted by atomic mass is 35.5. The predicted octanol–water partition coefficient (Wildman–Crippen LogP) is 4.06. The zero-order valence-corrected chi connectivity index (χ0v) is 20.3. The van der Waals surface area contributed by atoms with Gasteiger partial charge in [0.1, 0.15) is 19.3 Å². The summed E-state index contributed by atoms with van der Waals surface area (Å²) >= 11 is 6.02. The first-order chi connectivity index (χ1) is 16.8. The molecule has 0 bridgehead atoms. The number of halogens is 1. The largest absolute Gasteiger partial charge is 0.486 e. The lowest BCUT2D eigenvalue weighted by molar-refractivity contribution is -0.144. The number of nitrogens with zero attached hydrogens (tertiary/aromatic N) is 1. The highest BCUT2D eigenvalue weighted by Crippen LogP contribution is 2.33. The van der Waals surface area contributed by atoms with Crippen molar-refractivity contribution in [2.75, 3.05) is 19.8 Å². The Morgan fingerprint density at radius 3 is 2.49 bits per heavy atom. The number of hydrogen-bond acceptors (Lipinski definition) is 6. The minimum absolute atomic E-state index is 0.247. The SMILES string of the molecule is Cc1cc(C(=O)COC(=O)C(C)NC(=O)c2ccccc2Cl)c(C)n1-c1ccc2c(c1)OCCO2. The van der Waals surface area contributed by atoms with Crippen LogP contribution in [0.3, 0.4) is 0 Å². The number of carbonyl (C=O) groups excluding carboxylic acids is 3. The standard InChI is InChI=1S/C26H25ClN2O6/c1-15-12-20(17(3)29(15)18-8-9-23-24(13-18)34-11-10-33-23)22(30)14-35-26(32)16(2)28-25(31)19-6-4-5-7-21(19)27/h4-9,12-13,16H,10-11,14H2,1-3H3,(H,28,31). The zero-order chi connectivity index (χ0) is 25.1. The second-order valence-corrected chi connectivity index (χ2v) is 8.56. The van der Waals surface area contributed by atoms with E-state index in [1.54, 1.807) is 30.3 Å². The van der Waals surface area contributed by atoms with Crippen molar-refractivity contribution in [3.8, 4) is 17.2 Å². The molecule has 1 N–H and O–H groups in total. The first kappa shape index (κ1) is 24.3. The number of benzene rings is 2.